The molecule has 2 N–H and O–H groups in total. The number of amides is 2. The van der Waals surface area contributed by atoms with Gasteiger partial charge in [0.1, 0.15) is 0 Å². The fraction of sp³-hybridized carbons (Fsp3) is 0.867. The lowest BCUT2D eigenvalue weighted by Crippen LogP contribution is -2.47. The van der Waals surface area contributed by atoms with Gasteiger partial charge in [0.2, 0.25) is 0 Å². The number of carboxylic acid groups (broad SMARTS) is 1. The fourth-order valence-electron chi connectivity index (χ4n) is 2.60. The summed E-state index contributed by atoms with van der Waals surface area (Å²) in [4.78, 5) is 25.1. The first-order valence-corrected chi connectivity index (χ1v) is 7.51. The molecule has 2 amide bonds. The van der Waals surface area contributed by atoms with Crippen LogP contribution in [0.15, 0.2) is 0 Å². The highest BCUT2D eigenvalue weighted by Crippen LogP contribution is 2.24. The van der Waals surface area contributed by atoms with Gasteiger partial charge in [-0.1, -0.05) is 20.8 Å². The second-order valence-corrected chi connectivity index (χ2v) is 6.91. The molecule has 1 rings (SSSR count). The Morgan fingerprint density at radius 2 is 1.90 bits per heavy atom. The van der Waals surface area contributed by atoms with Crippen molar-refractivity contribution in [2.75, 3.05) is 26.7 Å². The summed E-state index contributed by atoms with van der Waals surface area (Å²) in [5.74, 6) is -1.41. The van der Waals surface area contributed by atoms with E-state index in [4.69, 9.17) is 4.74 Å². The third-order valence-corrected chi connectivity index (χ3v) is 3.77. The van der Waals surface area contributed by atoms with E-state index in [0.717, 1.165) is 12.8 Å². The maximum absolute atomic E-state index is 12.1. The first-order chi connectivity index (χ1) is 9.73. The monoisotopic (exact) mass is 300 g/mol. The van der Waals surface area contributed by atoms with Crippen molar-refractivity contribution in [2.45, 2.75) is 46.1 Å². The normalized spacial score (nSPS) is 18.4. The first-order valence-electron chi connectivity index (χ1n) is 7.51. The van der Waals surface area contributed by atoms with Crippen LogP contribution in [0.5, 0.6) is 0 Å². The van der Waals surface area contributed by atoms with Gasteiger partial charge in [-0.15, -0.1) is 0 Å². The van der Waals surface area contributed by atoms with Crippen LogP contribution in [-0.4, -0.2) is 54.9 Å². The standard InChI is InChI=1S/C15H28N2O4/c1-15(2,3)9-11(13(18)19)10-16-14(20)17-7-5-12(21-4)6-8-17/h11-12H,5-10H2,1-4H3,(H,16,20)(H,18,19). The van der Waals surface area contributed by atoms with E-state index in [1.807, 2.05) is 20.8 Å². The van der Waals surface area contributed by atoms with Gasteiger partial charge < -0.3 is 20.1 Å². The summed E-state index contributed by atoms with van der Waals surface area (Å²) < 4.78 is 5.27. The number of hydrogen-bond donors (Lipinski definition) is 2. The summed E-state index contributed by atoms with van der Waals surface area (Å²) in [6, 6.07) is -0.176. The summed E-state index contributed by atoms with van der Waals surface area (Å²) in [6.45, 7) is 7.49. The van der Waals surface area contributed by atoms with Crippen molar-refractivity contribution in [1.82, 2.24) is 10.2 Å². The summed E-state index contributed by atoms with van der Waals surface area (Å²) in [6.07, 6.45) is 2.42. The highest BCUT2D eigenvalue weighted by atomic mass is 16.5. The molecule has 0 bridgehead atoms. The maximum atomic E-state index is 12.1. The lowest BCUT2D eigenvalue weighted by atomic mass is 9.84. The third-order valence-electron chi connectivity index (χ3n) is 3.77. The minimum atomic E-state index is -0.858. The van der Waals surface area contributed by atoms with Crippen LogP contribution in [0.1, 0.15) is 40.0 Å². The molecular formula is C15H28N2O4. The molecule has 0 spiro atoms. The van der Waals surface area contributed by atoms with Crippen molar-refractivity contribution in [3.05, 3.63) is 0 Å². The molecule has 1 unspecified atom stereocenters. The summed E-state index contributed by atoms with van der Waals surface area (Å²) in [5, 5.41) is 12.0. The summed E-state index contributed by atoms with van der Waals surface area (Å²) in [5.41, 5.74) is -0.0788. The van der Waals surface area contributed by atoms with E-state index in [-0.39, 0.29) is 24.1 Å². The van der Waals surface area contributed by atoms with Gasteiger partial charge in [0.25, 0.3) is 0 Å². The first kappa shape index (κ1) is 17.8. The van der Waals surface area contributed by atoms with Crippen LogP contribution >= 0.6 is 0 Å². The number of nitrogens with one attached hydrogen (secondary N) is 1. The van der Waals surface area contributed by atoms with Crippen LogP contribution in [-0.2, 0) is 9.53 Å². The Kier molecular flexibility index (Phi) is 6.45. The second kappa shape index (κ2) is 7.64. The zero-order valence-corrected chi connectivity index (χ0v) is 13.5. The maximum Gasteiger partial charge on any atom is 0.317 e. The Morgan fingerprint density at radius 1 is 1.33 bits per heavy atom. The van der Waals surface area contributed by atoms with Crippen LogP contribution in [0.25, 0.3) is 0 Å². The Labute approximate surface area is 126 Å². The lowest BCUT2D eigenvalue weighted by molar-refractivity contribution is -0.142. The van der Waals surface area contributed by atoms with E-state index in [0.29, 0.717) is 19.5 Å². The molecule has 6 heteroatoms. The molecule has 21 heavy (non-hydrogen) atoms. The van der Waals surface area contributed by atoms with Crippen molar-refractivity contribution < 1.29 is 19.4 Å². The molecule has 6 nitrogen and oxygen atoms in total. The minimum absolute atomic E-state index is 0.0788. The number of rotatable bonds is 5. The van der Waals surface area contributed by atoms with Gasteiger partial charge in [0, 0.05) is 26.7 Å². The number of likely N-dealkylation sites (tertiary alicyclic amines) is 1. The third kappa shape index (κ3) is 6.33. The van der Waals surface area contributed by atoms with E-state index < -0.39 is 11.9 Å². The van der Waals surface area contributed by atoms with Crippen LogP contribution in [0.3, 0.4) is 0 Å². The highest BCUT2D eigenvalue weighted by Gasteiger charge is 2.27. The largest absolute Gasteiger partial charge is 0.481 e. The van der Waals surface area contributed by atoms with Crippen LogP contribution < -0.4 is 5.32 Å². The predicted molar refractivity (Wildman–Crippen MR) is 80.2 cm³/mol. The molecule has 1 fully saturated rings. The molecule has 0 aromatic heterocycles. The van der Waals surface area contributed by atoms with E-state index >= 15 is 0 Å². The van der Waals surface area contributed by atoms with Gasteiger partial charge in [-0.25, -0.2) is 4.79 Å². The molecule has 1 heterocycles. The number of piperidine rings is 1. The average Bonchev–Trinajstić information content (AvgIpc) is 2.41. The van der Waals surface area contributed by atoms with Crippen molar-refractivity contribution in [2.24, 2.45) is 11.3 Å². The number of hydrogen-bond acceptors (Lipinski definition) is 3. The van der Waals surface area contributed by atoms with Crippen molar-refractivity contribution in [1.29, 1.82) is 0 Å². The number of methoxy groups -OCH3 is 1. The van der Waals surface area contributed by atoms with Gasteiger partial charge in [0.05, 0.1) is 12.0 Å². The van der Waals surface area contributed by atoms with Gasteiger partial charge in [-0.2, -0.15) is 0 Å². The quantitative estimate of drug-likeness (QED) is 0.813. The molecule has 0 radical (unpaired) electrons. The molecule has 1 atom stereocenters. The van der Waals surface area contributed by atoms with Crippen molar-refractivity contribution in [3.63, 3.8) is 0 Å². The number of carbonyl (C=O) groups excluding carboxylic acids is 1. The molecule has 0 saturated carbocycles. The zero-order chi connectivity index (χ0) is 16.0. The molecule has 1 aliphatic rings. The SMILES string of the molecule is COC1CCN(C(=O)NCC(CC(C)(C)C)C(=O)O)CC1. The Hall–Kier alpha value is -1.30. The molecule has 1 aliphatic heterocycles. The Bertz CT molecular complexity index is 357. The van der Waals surface area contributed by atoms with Gasteiger partial charge >= 0.3 is 12.0 Å². The van der Waals surface area contributed by atoms with Crippen LogP contribution in [0, 0.1) is 11.3 Å². The number of aliphatic carboxylic acids is 1. The van der Waals surface area contributed by atoms with Crippen molar-refractivity contribution >= 4 is 12.0 Å². The topological polar surface area (TPSA) is 78.9 Å². The number of carbonyl (C=O) groups is 2. The molecule has 0 aromatic carbocycles. The summed E-state index contributed by atoms with van der Waals surface area (Å²) >= 11 is 0. The minimum Gasteiger partial charge on any atom is -0.481 e. The molecule has 0 aromatic rings. The molecular weight excluding hydrogens is 272 g/mol. The van der Waals surface area contributed by atoms with Crippen LogP contribution in [0.4, 0.5) is 4.79 Å². The average molecular weight is 300 g/mol. The van der Waals surface area contributed by atoms with E-state index in [1.165, 1.54) is 0 Å². The van der Waals surface area contributed by atoms with Crippen LogP contribution in [0.2, 0.25) is 0 Å². The number of nitrogens with zero attached hydrogens (tertiary/aromatic N) is 1. The molecule has 1 saturated heterocycles. The molecule has 0 aliphatic carbocycles. The smallest absolute Gasteiger partial charge is 0.317 e. The zero-order valence-electron chi connectivity index (χ0n) is 13.5. The van der Waals surface area contributed by atoms with E-state index in [2.05, 4.69) is 5.32 Å². The lowest BCUT2D eigenvalue weighted by Gasteiger charge is -2.32. The van der Waals surface area contributed by atoms with Gasteiger partial charge in [-0.3, -0.25) is 4.79 Å². The molecule has 122 valence electrons. The Morgan fingerprint density at radius 3 is 2.33 bits per heavy atom. The van der Waals surface area contributed by atoms with E-state index in [9.17, 15) is 14.7 Å². The van der Waals surface area contributed by atoms with Gasteiger partial charge in [0.15, 0.2) is 0 Å². The number of ether oxygens (including phenoxy) is 1. The van der Waals surface area contributed by atoms with Gasteiger partial charge in [-0.05, 0) is 24.7 Å². The van der Waals surface area contributed by atoms with E-state index in [1.54, 1.807) is 12.0 Å². The predicted octanol–water partition coefficient (Wildman–Crippen LogP) is 1.94. The number of urea groups is 1. The second-order valence-electron chi connectivity index (χ2n) is 6.91. The summed E-state index contributed by atoms with van der Waals surface area (Å²) in [7, 11) is 1.68. The Balaban J connectivity index is 2.42. The number of carboxylic acids is 1. The fourth-order valence-corrected chi connectivity index (χ4v) is 2.60. The van der Waals surface area contributed by atoms with Crippen molar-refractivity contribution in [3.8, 4) is 0 Å². The highest BCUT2D eigenvalue weighted by molar-refractivity contribution is 5.76.